The van der Waals surface area contributed by atoms with E-state index in [1.54, 1.807) is 13.8 Å². The first-order chi connectivity index (χ1) is 7.02. The number of hydrogen-bond donors (Lipinski definition) is 1. The van der Waals surface area contributed by atoms with Crippen molar-refractivity contribution in [2.45, 2.75) is 27.2 Å². The van der Waals surface area contributed by atoms with Crippen molar-refractivity contribution in [3.05, 3.63) is 0 Å². The van der Waals surface area contributed by atoms with Crippen LogP contribution in [0.1, 0.15) is 28.6 Å². The van der Waals surface area contributed by atoms with Gasteiger partial charge in [-0.3, -0.25) is 9.59 Å². The summed E-state index contributed by atoms with van der Waals surface area (Å²) in [5, 5.41) is 0. The van der Waals surface area contributed by atoms with E-state index >= 15 is 0 Å². The van der Waals surface area contributed by atoms with Crippen LogP contribution in [0.25, 0.3) is 0 Å². The summed E-state index contributed by atoms with van der Waals surface area (Å²) < 4.78 is 4.67. The zero-order valence-corrected chi connectivity index (χ0v) is 12.0. The SMILES string of the molecule is CCOC(=O)C(CC)C(=O)ONC(C)=O.[H-].[Na+]. The first-order valence-electron chi connectivity index (χ1n) is 4.66. The fraction of sp³-hybridized carbons (Fsp3) is 0.667. The smallest absolute Gasteiger partial charge is 1.00 e. The van der Waals surface area contributed by atoms with Crippen LogP contribution in [0, 0.1) is 5.92 Å². The van der Waals surface area contributed by atoms with Crippen molar-refractivity contribution in [1.82, 2.24) is 5.48 Å². The Morgan fingerprint density at radius 1 is 1.25 bits per heavy atom. The first-order valence-corrected chi connectivity index (χ1v) is 4.66. The third-order valence-electron chi connectivity index (χ3n) is 1.56. The van der Waals surface area contributed by atoms with Gasteiger partial charge in [0.15, 0.2) is 5.92 Å². The number of esters is 1. The van der Waals surface area contributed by atoms with E-state index < -0.39 is 23.8 Å². The van der Waals surface area contributed by atoms with Crippen molar-refractivity contribution in [1.29, 1.82) is 0 Å². The molecule has 0 fully saturated rings. The van der Waals surface area contributed by atoms with Crippen LogP contribution >= 0.6 is 0 Å². The largest absolute Gasteiger partial charge is 1.00 e. The van der Waals surface area contributed by atoms with Gasteiger partial charge in [0, 0.05) is 6.92 Å². The Labute approximate surface area is 118 Å². The summed E-state index contributed by atoms with van der Waals surface area (Å²) in [5.74, 6) is -2.96. The Morgan fingerprint density at radius 2 is 1.81 bits per heavy atom. The zero-order chi connectivity index (χ0) is 11.8. The normalized spacial score (nSPS) is 10.7. The minimum absolute atomic E-state index is 0. The van der Waals surface area contributed by atoms with Crippen molar-refractivity contribution in [2.24, 2.45) is 5.92 Å². The Bertz CT molecular complexity index is 262. The minimum Gasteiger partial charge on any atom is -1.00 e. The van der Waals surface area contributed by atoms with Crippen LogP contribution in [0.3, 0.4) is 0 Å². The maximum absolute atomic E-state index is 11.3. The van der Waals surface area contributed by atoms with E-state index in [-0.39, 0.29) is 44.0 Å². The summed E-state index contributed by atoms with van der Waals surface area (Å²) in [5.41, 5.74) is 1.86. The first kappa shape index (κ1) is 17.8. The molecule has 0 rings (SSSR count). The van der Waals surface area contributed by atoms with Crippen LogP contribution < -0.4 is 35.0 Å². The Morgan fingerprint density at radius 3 is 2.19 bits per heavy atom. The number of carbonyl (C=O) groups is 3. The van der Waals surface area contributed by atoms with Gasteiger partial charge in [0.1, 0.15) is 0 Å². The van der Waals surface area contributed by atoms with Crippen LogP contribution in [0.5, 0.6) is 0 Å². The molecule has 0 spiro atoms. The van der Waals surface area contributed by atoms with Gasteiger partial charge in [-0.25, -0.2) is 4.79 Å². The van der Waals surface area contributed by atoms with Crippen LogP contribution in [0.4, 0.5) is 0 Å². The Kier molecular flexibility index (Phi) is 10.7. The summed E-state index contributed by atoms with van der Waals surface area (Å²) in [6.07, 6.45) is 0.261. The number of ether oxygens (including phenoxy) is 1. The molecule has 6 nitrogen and oxygen atoms in total. The molecular formula is C9H16NNaO5. The van der Waals surface area contributed by atoms with Crippen molar-refractivity contribution in [2.75, 3.05) is 6.61 Å². The third kappa shape index (κ3) is 6.81. The number of nitrogens with one attached hydrogen (secondary N) is 1. The molecule has 0 aliphatic rings. The van der Waals surface area contributed by atoms with E-state index in [9.17, 15) is 14.4 Å². The molecule has 88 valence electrons. The number of hydroxylamine groups is 1. The molecule has 1 N–H and O–H groups in total. The molecule has 0 radical (unpaired) electrons. The summed E-state index contributed by atoms with van der Waals surface area (Å²) in [4.78, 5) is 37.3. The number of rotatable bonds is 4. The van der Waals surface area contributed by atoms with Crippen LogP contribution in [-0.2, 0) is 24.0 Å². The molecule has 0 heterocycles. The molecular weight excluding hydrogens is 225 g/mol. The van der Waals surface area contributed by atoms with E-state index in [1.807, 2.05) is 5.48 Å². The van der Waals surface area contributed by atoms with Crippen LogP contribution in [0.15, 0.2) is 0 Å². The number of hydrogen-bond acceptors (Lipinski definition) is 5. The fourth-order valence-corrected chi connectivity index (χ4v) is 0.866. The maximum atomic E-state index is 11.3. The summed E-state index contributed by atoms with van der Waals surface area (Å²) >= 11 is 0. The van der Waals surface area contributed by atoms with Gasteiger partial charge in [-0.15, -0.1) is 0 Å². The molecule has 1 unspecified atom stereocenters. The third-order valence-corrected chi connectivity index (χ3v) is 1.56. The molecule has 0 bridgehead atoms. The molecule has 0 aromatic carbocycles. The van der Waals surface area contributed by atoms with Gasteiger partial charge in [-0.1, -0.05) is 6.92 Å². The predicted molar refractivity (Wildman–Crippen MR) is 51.4 cm³/mol. The summed E-state index contributed by atoms with van der Waals surface area (Å²) in [6, 6.07) is 0. The van der Waals surface area contributed by atoms with Crippen LogP contribution in [0.2, 0.25) is 0 Å². The van der Waals surface area contributed by atoms with Crippen molar-refractivity contribution < 1.29 is 54.9 Å². The molecule has 7 heteroatoms. The quantitative estimate of drug-likeness (QED) is 0.250. The number of carbonyl (C=O) groups excluding carboxylic acids is 3. The fourth-order valence-electron chi connectivity index (χ4n) is 0.866. The van der Waals surface area contributed by atoms with E-state index in [2.05, 4.69) is 9.57 Å². The zero-order valence-electron chi connectivity index (χ0n) is 11.0. The standard InChI is InChI=1S/C9H15NO5.Na.H/c1-4-7(8(12)14-5-2)9(13)15-10-6(3)11;;/h7H,4-5H2,1-3H3,(H,10,11);;/q;+1;-1. The van der Waals surface area contributed by atoms with Gasteiger partial charge in [-0.05, 0) is 13.3 Å². The van der Waals surface area contributed by atoms with Gasteiger partial charge in [0.2, 0.25) is 5.91 Å². The molecule has 0 saturated carbocycles. The van der Waals surface area contributed by atoms with Crippen LogP contribution in [-0.4, -0.2) is 24.5 Å². The van der Waals surface area contributed by atoms with Gasteiger partial charge in [0.05, 0.1) is 6.61 Å². The van der Waals surface area contributed by atoms with Crippen molar-refractivity contribution >= 4 is 17.8 Å². The molecule has 0 aliphatic carbocycles. The van der Waals surface area contributed by atoms with Gasteiger partial charge in [0.25, 0.3) is 0 Å². The van der Waals surface area contributed by atoms with Crippen molar-refractivity contribution in [3.63, 3.8) is 0 Å². The predicted octanol–water partition coefficient (Wildman–Crippen LogP) is -2.71. The maximum Gasteiger partial charge on any atom is 1.00 e. The Balaban J connectivity index is -0.000000980. The van der Waals surface area contributed by atoms with E-state index in [1.165, 1.54) is 6.92 Å². The molecule has 1 amide bonds. The summed E-state index contributed by atoms with van der Waals surface area (Å²) in [6.45, 7) is 4.68. The van der Waals surface area contributed by atoms with Gasteiger partial charge in [-0.2, -0.15) is 5.48 Å². The van der Waals surface area contributed by atoms with E-state index in [0.717, 1.165) is 0 Å². The van der Waals surface area contributed by atoms with E-state index in [4.69, 9.17) is 0 Å². The topological polar surface area (TPSA) is 81.7 Å². The average Bonchev–Trinajstić information content (AvgIpc) is 2.16. The van der Waals surface area contributed by atoms with Gasteiger partial charge >= 0.3 is 41.5 Å². The molecule has 0 aromatic rings. The number of amides is 1. The molecule has 0 aliphatic heterocycles. The average molecular weight is 241 g/mol. The molecule has 16 heavy (non-hydrogen) atoms. The molecule has 0 saturated heterocycles. The Hall–Kier alpha value is -0.590. The minimum atomic E-state index is -0.989. The van der Waals surface area contributed by atoms with E-state index in [0.29, 0.717) is 0 Å². The monoisotopic (exact) mass is 241 g/mol. The summed E-state index contributed by atoms with van der Waals surface area (Å²) in [7, 11) is 0. The molecule has 0 aromatic heterocycles. The molecule has 1 atom stereocenters. The van der Waals surface area contributed by atoms with Crippen molar-refractivity contribution in [3.8, 4) is 0 Å². The second-order valence-corrected chi connectivity index (χ2v) is 2.79. The second-order valence-electron chi connectivity index (χ2n) is 2.79. The second kappa shape index (κ2) is 9.62. The van der Waals surface area contributed by atoms with Gasteiger partial charge < -0.3 is 11.0 Å².